The minimum atomic E-state index is -0.527. The Morgan fingerprint density at radius 3 is 2.68 bits per heavy atom. The Hall–Kier alpha value is -3.16. The van der Waals surface area contributed by atoms with Crippen LogP contribution >= 0.6 is 0 Å². The molecular formula is C14H12N4O4. The molecule has 0 fully saturated rings. The lowest BCUT2D eigenvalue weighted by Gasteiger charge is -2.10. The zero-order valence-electron chi connectivity index (χ0n) is 11.9. The Morgan fingerprint density at radius 1 is 1.23 bits per heavy atom. The number of aryl methyl sites for hydroxylation is 1. The van der Waals surface area contributed by atoms with E-state index in [1.165, 1.54) is 43.3 Å². The van der Waals surface area contributed by atoms with E-state index in [0.29, 0.717) is 0 Å². The van der Waals surface area contributed by atoms with Gasteiger partial charge in [-0.2, -0.15) is 0 Å². The van der Waals surface area contributed by atoms with E-state index in [1.807, 2.05) is 0 Å². The first kappa shape index (κ1) is 13.8. The fourth-order valence-corrected chi connectivity index (χ4v) is 2.18. The van der Waals surface area contributed by atoms with Gasteiger partial charge < -0.3 is 9.73 Å². The monoisotopic (exact) mass is 300 g/mol. The number of nitrogens with zero attached hydrogens (tertiary/aromatic N) is 3. The van der Waals surface area contributed by atoms with Gasteiger partial charge in [-0.05, 0) is 18.2 Å². The van der Waals surface area contributed by atoms with Gasteiger partial charge in [0.2, 0.25) is 0 Å². The molecule has 0 aliphatic rings. The Morgan fingerprint density at radius 2 is 2.00 bits per heavy atom. The molecule has 1 amide bonds. The van der Waals surface area contributed by atoms with E-state index in [0.717, 1.165) is 4.57 Å². The molecule has 0 unspecified atom stereocenters. The molecule has 3 rings (SSSR count). The van der Waals surface area contributed by atoms with Crippen LogP contribution in [0.4, 0.5) is 5.69 Å². The van der Waals surface area contributed by atoms with Crippen molar-refractivity contribution in [3.8, 4) is 0 Å². The smallest absolute Gasteiger partial charge is 0.332 e. The molecule has 0 atom stereocenters. The van der Waals surface area contributed by atoms with Crippen LogP contribution in [-0.2, 0) is 14.1 Å². The van der Waals surface area contributed by atoms with Crippen LogP contribution < -0.4 is 16.6 Å². The number of rotatable bonds is 2. The van der Waals surface area contributed by atoms with E-state index in [-0.39, 0.29) is 22.5 Å². The van der Waals surface area contributed by atoms with E-state index in [4.69, 9.17) is 4.42 Å². The third kappa shape index (κ3) is 2.01. The summed E-state index contributed by atoms with van der Waals surface area (Å²) in [7, 11) is 2.88. The maximum Gasteiger partial charge on any atom is 0.332 e. The van der Waals surface area contributed by atoms with Gasteiger partial charge in [-0.1, -0.05) is 0 Å². The van der Waals surface area contributed by atoms with E-state index in [2.05, 4.69) is 10.3 Å². The molecule has 22 heavy (non-hydrogen) atoms. The van der Waals surface area contributed by atoms with E-state index in [1.54, 1.807) is 6.07 Å². The molecule has 3 aromatic heterocycles. The lowest BCUT2D eigenvalue weighted by molar-refractivity contribution is 0.0997. The second kappa shape index (κ2) is 4.99. The number of fused-ring (bicyclic) bond motifs is 1. The molecule has 3 heterocycles. The van der Waals surface area contributed by atoms with Gasteiger partial charge in [0.25, 0.3) is 11.5 Å². The number of carbonyl (C=O) groups excluding carboxylic acids is 1. The summed E-state index contributed by atoms with van der Waals surface area (Å²) in [6, 6.07) is 4.59. The highest BCUT2D eigenvalue weighted by Gasteiger charge is 2.16. The number of hydrogen-bond acceptors (Lipinski definition) is 5. The van der Waals surface area contributed by atoms with Crippen LogP contribution in [0.2, 0.25) is 0 Å². The molecule has 1 N–H and O–H groups in total. The average molecular weight is 300 g/mol. The summed E-state index contributed by atoms with van der Waals surface area (Å²) < 4.78 is 7.22. The number of anilines is 1. The summed E-state index contributed by atoms with van der Waals surface area (Å²) in [5.74, 6) is -0.375. The summed E-state index contributed by atoms with van der Waals surface area (Å²) in [5.41, 5.74) is -0.548. The van der Waals surface area contributed by atoms with Crippen LogP contribution in [0.3, 0.4) is 0 Å². The van der Waals surface area contributed by atoms with Crippen LogP contribution in [0, 0.1) is 0 Å². The maximum absolute atomic E-state index is 12.3. The van der Waals surface area contributed by atoms with Crippen LogP contribution in [0.25, 0.3) is 11.0 Å². The first-order valence-electron chi connectivity index (χ1n) is 6.40. The van der Waals surface area contributed by atoms with Gasteiger partial charge in [0, 0.05) is 20.3 Å². The molecule has 0 aromatic carbocycles. The zero-order chi connectivity index (χ0) is 15.9. The molecule has 0 saturated carbocycles. The van der Waals surface area contributed by atoms with E-state index < -0.39 is 17.2 Å². The molecule has 0 spiro atoms. The van der Waals surface area contributed by atoms with Crippen LogP contribution in [0.15, 0.2) is 44.7 Å². The molecule has 0 radical (unpaired) electrons. The molecule has 112 valence electrons. The SMILES string of the molecule is Cn1c(=O)c2c(NC(=O)c3ccco3)ccnc2n(C)c1=O. The number of furan rings is 1. The van der Waals surface area contributed by atoms with Crippen molar-refractivity contribution in [1.82, 2.24) is 14.1 Å². The number of amides is 1. The van der Waals surface area contributed by atoms with Crippen LogP contribution in [0.5, 0.6) is 0 Å². The van der Waals surface area contributed by atoms with E-state index in [9.17, 15) is 14.4 Å². The molecule has 0 aliphatic heterocycles. The van der Waals surface area contributed by atoms with Crippen molar-refractivity contribution < 1.29 is 9.21 Å². The summed E-state index contributed by atoms with van der Waals surface area (Å²) in [6.45, 7) is 0. The largest absolute Gasteiger partial charge is 0.459 e. The third-order valence-corrected chi connectivity index (χ3v) is 3.33. The average Bonchev–Trinajstić information content (AvgIpc) is 3.05. The molecule has 8 heteroatoms. The third-order valence-electron chi connectivity index (χ3n) is 3.33. The van der Waals surface area contributed by atoms with Gasteiger partial charge in [0.05, 0.1) is 12.0 Å². The lowest BCUT2D eigenvalue weighted by atomic mass is 10.2. The van der Waals surface area contributed by atoms with Crippen LogP contribution in [-0.4, -0.2) is 20.0 Å². The molecule has 0 bridgehead atoms. The number of carbonyl (C=O) groups is 1. The summed E-state index contributed by atoms with van der Waals surface area (Å²) in [6.07, 6.45) is 2.79. The predicted octanol–water partition coefficient (Wildman–Crippen LogP) is 0.477. The van der Waals surface area contributed by atoms with Gasteiger partial charge in [-0.3, -0.25) is 18.7 Å². The minimum absolute atomic E-state index is 0.117. The fourth-order valence-electron chi connectivity index (χ4n) is 2.18. The number of pyridine rings is 1. The van der Waals surface area contributed by atoms with Gasteiger partial charge in [-0.25, -0.2) is 9.78 Å². The summed E-state index contributed by atoms with van der Waals surface area (Å²) in [5, 5.41) is 2.76. The normalized spacial score (nSPS) is 10.8. The van der Waals surface area contributed by atoms with E-state index >= 15 is 0 Å². The number of aromatic nitrogens is 3. The number of hydrogen-bond donors (Lipinski definition) is 1. The quantitative estimate of drug-likeness (QED) is 0.742. The lowest BCUT2D eigenvalue weighted by Crippen LogP contribution is -2.37. The standard InChI is InChI=1S/C14H12N4O4/c1-17-11-10(13(20)18(2)14(17)21)8(5-6-15-11)16-12(19)9-4-3-7-22-9/h3-7H,1-2H3,(H,15,16,19). The van der Waals surface area contributed by atoms with Crippen molar-refractivity contribution in [3.05, 3.63) is 57.3 Å². The first-order chi connectivity index (χ1) is 10.5. The highest BCUT2D eigenvalue weighted by atomic mass is 16.3. The molecule has 0 aliphatic carbocycles. The van der Waals surface area contributed by atoms with Gasteiger partial charge in [-0.15, -0.1) is 0 Å². The summed E-state index contributed by atoms with van der Waals surface area (Å²) >= 11 is 0. The Kier molecular flexibility index (Phi) is 3.13. The highest BCUT2D eigenvalue weighted by molar-refractivity contribution is 6.06. The molecule has 0 saturated heterocycles. The van der Waals surface area contributed by atoms with Gasteiger partial charge >= 0.3 is 5.69 Å². The Balaban J connectivity index is 2.21. The zero-order valence-corrected chi connectivity index (χ0v) is 11.9. The van der Waals surface area contributed by atoms with Crippen molar-refractivity contribution in [3.63, 3.8) is 0 Å². The van der Waals surface area contributed by atoms with Gasteiger partial charge in [0.15, 0.2) is 11.4 Å². The Bertz CT molecular complexity index is 982. The van der Waals surface area contributed by atoms with Gasteiger partial charge in [0.1, 0.15) is 5.39 Å². The van der Waals surface area contributed by atoms with Crippen LogP contribution in [0.1, 0.15) is 10.6 Å². The van der Waals surface area contributed by atoms with Crippen molar-refractivity contribution in [2.45, 2.75) is 0 Å². The second-order valence-electron chi connectivity index (χ2n) is 4.69. The summed E-state index contributed by atoms with van der Waals surface area (Å²) in [4.78, 5) is 40.3. The predicted molar refractivity (Wildman–Crippen MR) is 78.9 cm³/mol. The molecule has 3 aromatic rings. The van der Waals surface area contributed by atoms with Crippen molar-refractivity contribution in [2.75, 3.05) is 5.32 Å². The molecular weight excluding hydrogens is 288 g/mol. The second-order valence-corrected chi connectivity index (χ2v) is 4.69. The Labute approximate surface area is 123 Å². The number of nitrogens with one attached hydrogen (secondary N) is 1. The fraction of sp³-hybridized carbons (Fsp3) is 0.143. The highest BCUT2D eigenvalue weighted by Crippen LogP contribution is 2.17. The van der Waals surface area contributed by atoms with Crippen molar-refractivity contribution in [1.29, 1.82) is 0 Å². The topological polar surface area (TPSA) is 99.1 Å². The van der Waals surface area contributed by atoms with Crippen molar-refractivity contribution >= 4 is 22.6 Å². The molecule has 8 nitrogen and oxygen atoms in total. The minimum Gasteiger partial charge on any atom is -0.459 e. The first-order valence-corrected chi connectivity index (χ1v) is 6.40. The van der Waals surface area contributed by atoms with Crippen molar-refractivity contribution in [2.24, 2.45) is 14.1 Å². The maximum atomic E-state index is 12.3.